The largest absolute Gasteiger partial charge is 0.355 e. The van der Waals surface area contributed by atoms with Crippen molar-refractivity contribution in [2.24, 2.45) is 0 Å². The third kappa shape index (κ3) is 5.14. The van der Waals surface area contributed by atoms with Gasteiger partial charge in [0.1, 0.15) is 5.41 Å². The van der Waals surface area contributed by atoms with E-state index in [4.69, 9.17) is 21.1 Å². The minimum absolute atomic E-state index is 0.293. The van der Waals surface area contributed by atoms with E-state index in [0.29, 0.717) is 19.1 Å². The van der Waals surface area contributed by atoms with E-state index in [1.807, 2.05) is 13.8 Å². The highest BCUT2D eigenvalue weighted by Gasteiger charge is 2.23. The Balaban J connectivity index is 3.80. The molecule has 0 radical (unpaired) electrons. The van der Waals surface area contributed by atoms with Crippen LogP contribution < -0.4 is 0 Å². The first-order valence-electron chi connectivity index (χ1n) is 4.52. The maximum absolute atomic E-state index is 5.61. The van der Waals surface area contributed by atoms with Gasteiger partial charge in [-0.25, -0.2) is 0 Å². The fraction of sp³-hybridized carbons (Fsp3) is 1.00. The summed E-state index contributed by atoms with van der Waals surface area (Å²) in [5.41, 5.74) is -0.293. The van der Waals surface area contributed by atoms with Crippen LogP contribution in [-0.2, 0) is 9.47 Å². The van der Waals surface area contributed by atoms with Gasteiger partial charge in [0.15, 0.2) is 0 Å². The van der Waals surface area contributed by atoms with Gasteiger partial charge in [0.2, 0.25) is 0 Å². The zero-order valence-corrected chi connectivity index (χ0v) is 11.0. The molecule has 0 rings (SSSR count). The quantitative estimate of drug-likeness (QED) is 0.356. The van der Waals surface area contributed by atoms with Crippen molar-refractivity contribution in [3.63, 3.8) is 0 Å². The molecule has 0 amide bonds. The average molecular weight is 211 g/mol. The minimum atomic E-state index is -0.293. The van der Waals surface area contributed by atoms with E-state index in [9.17, 15) is 0 Å². The lowest BCUT2D eigenvalue weighted by Gasteiger charge is -2.29. The number of hydrogen-bond donors (Lipinski definition) is 0. The van der Waals surface area contributed by atoms with E-state index in [2.05, 4.69) is 0 Å². The first-order chi connectivity index (χ1) is 5.68. The summed E-state index contributed by atoms with van der Waals surface area (Å²) in [6.07, 6.45) is 1.88. The summed E-state index contributed by atoms with van der Waals surface area (Å²) in [5.74, 6) is 0.685. The van der Waals surface area contributed by atoms with Crippen molar-refractivity contribution in [1.29, 1.82) is 0 Å². The summed E-state index contributed by atoms with van der Waals surface area (Å²) in [5, 5.41) is 0. The van der Waals surface area contributed by atoms with Crippen LogP contribution >= 0.6 is 11.6 Å². The zero-order chi connectivity index (χ0) is 9.45. The van der Waals surface area contributed by atoms with Crippen molar-refractivity contribution in [2.75, 3.05) is 19.1 Å². The molecular formula is C8H19ClO2Si. The highest BCUT2D eigenvalue weighted by atomic mass is 35.5. The molecular weight excluding hydrogens is 192 g/mol. The molecule has 0 aliphatic heterocycles. The Hall–Kier alpha value is 0.427. The maximum atomic E-state index is 5.61. The van der Waals surface area contributed by atoms with Crippen LogP contribution in [0, 0.1) is 0 Å². The lowest BCUT2D eigenvalue weighted by molar-refractivity contribution is -0.176. The molecule has 74 valence electrons. The van der Waals surface area contributed by atoms with Crippen LogP contribution in [0.2, 0.25) is 0 Å². The third-order valence-corrected chi connectivity index (χ3v) is 3.01. The minimum Gasteiger partial charge on any atom is -0.355 e. The topological polar surface area (TPSA) is 18.5 Å². The van der Waals surface area contributed by atoms with Gasteiger partial charge < -0.3 is 9.47 Å². The van der Waals surface area contributed by atoms with Crippen LogP contribution in [0.5, 0.6) is 0 Å². The Morgan fingerprint density at radius 3 is 2.08 bits per heavy atom. The first-order valence-corrected chi connectivity index (χ1v) is 6.06. The van der Waals surface area contributed by atoms with Gasteiger partial charge in [-0.1, -0.05) is 0 Å². The smallest absolute Gasteiger partial charge is 0.141 e. The second kappa shape index (κ2) is 6.89. The van der Waals surface area contributed by atoms with Crippen molar-refractivity contribution in [2.45, 2.75) is 32.1 Å². The Morgan fingerprint density at radius 1 is 1.25 bits per heavy atom. The van der Waals surface area contributed by atoms with Crippen LogP contribution in [0.1, 0.15) is 26.7 Å². The first kappa shape index (κ1) is 12.4. The van der Waals surface area contributed by atoms with Gasteiger partial charge >= 0.3 is 0 Å². The van der Waals surface area contributed by atoms with Crippen LogP contribution in [0.4, 0.5) is 0 Å². The Kier molecular flexibility index (Phi) is 7.14. The zero-order valence-electron chi connectivity index (χ0n) is 8.23. The SMILES string of the molecule is CCOC([SiH3])(CCCCl)OCC. The molecule has 0 aliphatic rings. The molecule has 0 aliphatic carbocycles. The monoisotopic (exact) mass is 210 g/mol. The van der Waals surface area contributed by atoms with Crippen molar-refractivity contribution in [1.82, 2.24) is 0 Å². The van der Waals surface area contributed by atoms with E-state index >= 15 is 0 Å². The second-order valence-corrected chi connectivity index (χ2v) is 4.69. The van der Waals surface area contributed by atoms with Crippen molar-refractivity contribution < 1.29 is 9.47 Å². The van der Waals surface area contributed by atoms with Crippen LogP contribution in [0.3, 0.4) is 0 Å². The lowest BCUT2D eigenvalue weighted by Crippen LogP contribution is -2.36. The lowest BCUT2D eigenvalue weighted by atomic mass is 10.3. The summed E-state index contributed by atoms with van der Waals surface area (Å²) in [6, 6.07) is 0. The summed E-state index contributed by atoms with van der Waals surface area (Å²) in [4.78, 5) is 0. The van der Waals surface area contributed by atoms with Crippen molar-refractivity contribution in [3.8, 4) is 0 Å². The van der Waals surface area contributed by atoms with E-state index in [1.165, 1.54) is 0 Å². The average Bonchev–Trinajstić information content (AvgIpc) is 2.02. The Labute approximate surface area is 83.0 Å². The highest BCUT2D eigenvalue weighted by Crippen LogP contribution is 2.16. The summed E-state index contributed by atoms with van der Waals surface area (Å²) >= 11 is 5.61. The van der Waals surface area contributed by atoms with Crippen LogP contribution in [0.15, 0.2) is 0 Å². The van der Waals surface area contributed by atoms with E-state index in [1.54, 1.807) is 0 Å². The van der Waals surface area contributed by atoms with Gasteiger partial charge in [-0.2, -0.15) is 0 Å². The number of halogens is 1. The molecule has 0 fully saturated rings. The molecule has 0 heterocycles. The molecule has 0 spiro atoms. The second-order valence-electron chi connectivity index (χ2n) is 2.79. The highest BCUT2D eigenvalue weighted by molar-refractivity contribution is 6.18. The van der Waals surface area contributed by atoms with Gasteiger partial charge in [-0.15, -0.1) is 11.6 Å². The number of alkyl halides is 1. The maximum Gasteiger partial charge on any atom is 0.141 e. The van der Waals surface area contributed by atoms with Gasteiger partial charge in [-0.3, -0.25) is 0 Å². The molecule has 0 saturated heterocycles. The predicted octanol–water partition coefficient (Wildman–Crippen LogP) is 1.10. The van der Waals surface area contributed by atoms with Crippen molar-refractivity contribution in [3.05, 3.63) is 0 Å². The van der Waals surface area contributed by atoms with Gasteiger partial charge in [0.05, 0.1) is 10.2 Å². The molecule has 4 heteroatoms. The molecule has 12 heavy (non-hydrogen) atoms. The molecule has 0 N–H and O–H groups in total. The molecule has 0 aromatic rings. The van der Waals surface area contributed by atoms with E-state index in [0.717, 1.165) is 23.1 Å². The van der Waals surface area contributed by atoms with Gasteiger partial charge in [-0.05, 0) is 26.7 Å². The summed E-state index contributed by atoms with van der Waals surface area (Å²) in [7, 11) is 0.899. The van der Waals surface area contributed by atoms with Crippen molar-refractivity contribution >= 4 is 21.8 Å². The van der Waals surface area contributed by atoms with Crippen LogP contribution in [-0.4, -0.2) is 34.7 Å². The number of ether oxygens (including phenoxy) is 2. The summed E-state index contributed by atoms with van der Waals surface area (Å²) < 4.78 is 11.1. The molecule has 0 aromatic heterocycles. The number of rotatable bonds is 7. The molecule has 0 aromatic carbocycles. The normalized spacial score (nSPS) is 12.2. The predicted molar refractivity (Wildman–Crippen MR) is 55.9 cm³/mol. The molecule has 0 atom stereocenters. The van der Waals surface area contributed by atoms with Gasteiger partial charge in [0.25, 0.3) is 0 Å². The molecule has 0 bridgehead atoms. The standard InChI is InChI=1S/C8H19ClO2Si/c1-3-10-8(12,11-4-2)6-5-7-9/h3-7H2,1-2,12H3. The fourth-order valence-corrected chi connectivity index (χ4v) is 2.25. The molecule has 0 unspecified atom stereocenters. The van der Waals surface area contributed by atoms with Gasteiger partial charge in [0, 0.05) is 19.1 Å². The molecule has 0 saturated carbocycles. The number of hydrogen-bond acceptors (Lipinski definition) is 2. The Bertz CT molecular complexity index is 105. The van der Waals surface area contributed by atoms with Crippen LogP contribution in [0.25, 0.3) is 0 Å². The summed E-state index contributed by atoms with van der Waals surface area (Å²) in [6.45, 7) is 5.41. The Morgan fingerprint density at radius 2 is 1.75 bits per heavy atom. The fourth-order valence-electron chi connectivity index (χ4n) is 1.18. The van der Waals surface area contributed by atoms with E-state index < -0.39 is 0 Å². The van der Waals surface area contributed by atoms with E-state index in [-0.39, 0.29) is 5.41 Å². The molecule has 2 nitrogen and oxygen atoms in total. The third-order valence-electron chi connectivity index (χ3n) is 1.66.